The molecule has 0 fully saturated rings. The van der Waals surface area contributed by atoms with Crippen LogP contribution in [0.25, 0.3) is 11.1 Å². The molecule has 1 aliphatic rings. The van der Waals surface area contributed by atoms with Gasteiger partial charge in [0, 0.05) is 16.8 Å². The second kappa shape index (κ2) is 4.93. The fraction of sp³-hybridized carbons (Fsp3) is 0.389. The molecule has 0 aliphatic carbocycles. The van der Waals surface area contributed by atoms with Gasteiger partial charge in [-0.15, -0.1) is 0 Å². The van der Waals surface area contributed by atoms with E-state index in [0.29, 0.717) is 18.4 Å². The summed E-state index contributed by atoms with van der Waals surface area (Å²) in [5.74, 6) is 1.96. The minimum atomic E-state index is 0.449. The molecule has 1 aliphatic heterocycles. The molecule has 1 aromatic heterocycles. The van der Waals surface area contributed by atoms with Gasteiger partial charge in [0.15, 0.2) is 0 Å². The van der Waals surface area contributed by atoms with Gasteiger partial charge in [-0.1, -0.05) is 45.9 Å². The Hall–Kier alpha value is -1.83. The predicted octanol–water partition coefficient (Wildman–Crippen LogP) is 4.89. The molecular formula is C18H21NO. The number of pyridine rings is 1. The van der Waals surface area contributed by atoms with E-state index in [1.54, 1.807) is 0 Å². The highest BCUT2D eigenvalue weighted by Gasteiger charge is 2.20. The zero-order valence-corrected chi connectivity index (χ0v) is 12.6. The molecule has 0 bridgehead atoms. The van der Waals surface area contributed by atoms with Crippen molar-refractivity contribution in [3.05, 3.63) is 47.3 Å². The molecule has 2 heterocycles. The third-order valence-electron chi connectivity index (χ3n) is 3.91. The molecular weight excluding hydrogens is 246 g/mol. The van der Waals surface area contributed by atoms with E-state index in [0.717, 1.165) is 17.1 Å². The third kappa shape index (κ3) is 2.20. The van der Waals surface area contributed by atoms with E-state index in [1.807, 2.05) is 0 Å². The van der Waals surface area contributed by atoms with Crippen LogP contribution in [0.3, 0.4) is 0 Å². The number of aromatic nitrogens is 1. The van der Waals surface area contributed by atoms with Gasteiger partial charge in [-0.25, -0.2) is 0 Å². The number of benzene rings is 1. The Balaban J connectivity index is 2.07. The molecule has 0 spiro atoms. The SMILES string of the molecule is CC(C)c1ccc2c(c1)OCc1nc(C(C)C)ccc1-2. The number of nitrogens with zero attached hydrogens (tertiary/aromatic N) is 1. The van der Waals surface area contributed by atoms with Crippen LogP contribution >= 0.6 is 0 Å². The average Bonchev–Trinajstić information content (AvgIpc) is 2.45. The molecule has 1 aromatic carbocycles. The van der Waals surface area contributed by atoms with E-state index in [2.05, 4.69) is 58.0 Å². The van der Waals surface area contributed by atoms with Gasteiger partial charge in [-0.05, 0) is 29.5 Å². The molecule has 0 atom stereocenters. The zero-order valence-electron chi connectivity index (χ0n) is 12.6. The molecule has 2 aromatic rings. The Morgan fingerprint density at radius 1 is 0.950 bits per heavy atom. The maximum Gasteiger partial charge on any atom is 0.131 e. The highest BCUT2D eigenvalue weighted by Crippen LogP contribution is 2.38. The van der Waals surface area contributed by atoms with Crippen LogP contribution in [0.2, 0.25) is 0 Å². The van der Waals surface area contributed by atoms with E-state index in [4.69, 9.17) is 9.72 Å². The molecule has 0 saturated heterocycles. The lowest BCUT2D eigenvalue weighted by molar-refractivity contribution is 0.296. The van der Waals surface area contributed by atoms with Crippen LogP contribution < -0.4 is 4.74 Å². The first-order chi connectivity index (χ1) is 9.56. The summed E-state index contributed by atoms with van der Waals surface area (Å²) in [6, 6.07) is 10.8. The summed E-state index contributed by atoms with van der Waals surface area (Å²) < 4.78 is 5.91. The standard InChI is InChI=1S/C18H21NO/c1-11(2)13-5-6-15-14-7-8-16(12(3)4)19-17(14)10-20-18(15)9-13/h5-9,11-12H,10H2,1-4H3. The van der Waals surface area contributed by atoms with Crippen LogP contribution in [-0.4, -0.2) is 4.98 Å². The minimum Gasteiger partial charge on any atom is -0.487 e. The van der Waals surface area contributed by atoms with E-state index in [9.17, 15) is 0 Å². The maximum absolute atomic E-state index is 5.91. The Bertz CT molecular complexity index is 586. The van der Waals surface area contributed by atoms with Crippen molar-refractivity contribution in [3.8, 4) is 16.9 Å². The van der Waals surface area contributed by atoms with Crippen molar-refractivity contribution in [2.45, 2.75) is 46.1 Å². The molecule has 0 unspecified atom stereocenters. The fourth-order valence-electron chi connectivity index (χ4n) is 2.58. The summed E-state index contributed by atoms with van der Waals surface area (Å²) in [6.45, 7) is 9.32. The number of rotatable bonds is 2. The zero-order chi connectivity index (χ0) is 14.3. The van der Waals surface area contributed by atoms with Crippen LogP contribution in [0.4, 0.5) is 0 Å². The van der Waals surface area contributed by atoms with E-state index < -0.39 is 0 Å². The van der Waals surface area contributed by atoms with Gasteiger partial charge in [0.1, 0.15) is 12.4 Å². The van der Waals surface area contributed by atoms with Gasteiger partial charge in [0.25, 0.3) is 0 Å². The Kier molecular flexibility index (Phi) is 3.25. The van der Waals surface area contributed by atoms with Crippen molar-refractivity contribution in [2.24, 2.45) is 0 Å². The Morgan fingerprint density at radius 3 is 2.40 bits per heavy atom. The number of hydrogen-bond donors (Lipinski definition) is 0. The second-order valence-corrected chi connectivity index (χ2v) is 6.08. The van der Waals surface area contributed by atoms with Crippen LogP contribution in [0.15, 0.2) is 30.3 Å². The number of hydrogen-bond acceptors (Lipinski definition) is 2. The van der Waals surface area contributed by atoms with Gasteiger partial charge in [0.2, 0.25) is 0 Å². The van der Waals surface area contributed by atoms with E-state index in [-0.39, 0.29) is 0 Å². The normalized spacial score (nSPS) is 13.1. The summed E-state index contributed by atoms with van der Waals surface area (Å²) in [7, 11) is 0. The van der Waals surface area contributed by atoms with Gasteiger partial charge < -0.3 is 4.74 Å². The summed E-state index contributed by atoms with van der Waals surface area (Å²) in [5.41, 5.74) is 5.89. The van der Waals surface area contributed by atoms with Crippen molar-refractivity contribution in [1.82, 2.24) is 4.98 Å². The Morgan fingerprint density at radius 2 is 1.70 bits per heavy atom. The van der Waals surface area contributed by atoms with Gasteiger partial charge in [-0.2, -0.15) is 0 Å². The lowest BCUT2D eigenvalue weighted by Gasteiger charge is -2.22. The van der Waals surface area contributed by atoms with Gasteiger partial charge >= 0.3 is 0 Å². The Labute approximate surface area is 120 Å². The van der Waals surface area contributed by atoms with Crippen molar-refractivity contribution in [3.63, 3.8) is 0 Å². The summed E-state index contributed by atoms with van der Waals surface area (Å²) in [6.07, 6.45) is 0. The molecule has 2 heteroatoms. The quantitative estimate of drug-likeness (QED) is 0.773. The van der Waals surface area contributed by atoms with Crippen LogP contribution in [0.1, 0.15) is 56.5 Å². The molecule has 20 heavy (non-hydrogen) atoms. The smallest absolute Gasteiger partial charge is 0.131 e. The van der Waals surface area contributed by atoms with Crippen molar-refractivity contribution >= 4 is 0 Å². The second-order valence-electron chi connectivity index (χ2n) is 6.08. The lowest BCUT2D eigenvalue weighted by Crippen LogP contribution is -2.10. The van der Waals surface area contributed by atoms with Crippen molar-refractivity contribution in [1.29, 1.82) is 0 Å². The maximum atomic E-state index is 5.91. The van der Waals surface area contributed by atoms with Gasteiger partial charge in [-0.3, -0.25) is 4.98 Å². The number of fused-ring (bicyclic) bond motifs is 3. The van der Waals surface area contributed by atoms with Crippen molar-refractivity contribution in [2.75, 3.05) is 0 Å². The third-order valence-corrected chi connectivity index (χ3v) is 3.91. The van der Waals surface area contributed by atoms with E-state index in [1.165, 1.54) is 16.7 Å². The topological polar surface area (TPSA) is 22.1 Å². The lowest BCUT2D eigenvalue weighted by atomic mass is 9.95. The molecule has 2 nitrogen and oxygen atoms in total. The first kappa shape index (κ1) is 13.2. The van der Waals surface area contributed by atoms with Gasteiger partial charge in [0.05, 0.1) is 5.69 Å². The largest absolute Gasteiger partial charge is 0.487 e. The van der Waals surface area contributed by atoms with Crippen LogP contribution in [0, 0.1) is 0 Å². The highest BCUT2D eigenvalue weighted by atomic mass is 16.5. The van der Waals surface area contributed by atoms with Crippen molar-refractivity contribution < 1.29 is 4.74 Å². The summed E-state index contributed by atoms with van der Waals surface area (Å²) >= 11 is 0. The van der Waals surface area contributed by atoms with Crippen LogP contribution in [-0.2, 0) is 6.61 Å². The molecule has 0 saturated carbocycles. The average molecular weight is 267 g/mol. The molecule has 3 rings (SSSR count). The number of ether oxygens (including phenoxy) is 1. The molecule has 0 N–H and O–H groups in total. The fourth-order valence-corrected chi connectivity index (χ4v) is 2.58. The molecule has 104 valence electrons. The highest BCUT2D eigenvalue weighted by molar-refractivity contribution is 5.74. The van der Waals surface area contributed by atoms with E-state index >= 15 is 0 Å². The first-order valence-corrected chi connectivity index (χ1v) is 7.33. The van der Waals surface area contributed by atoms with Crippen LogP contribution in [0.5, 0.6) is 5.75 Å². The first-order valence-electron chi connectivity index (χ1n) is 7.33. The molecule has 0 amide bonds. The minimum absolute atomic E-state index is 0.449. The molecule has 0 radical (unpaired) electrons. The summed E-state index contributed by atoms with van der Waals surface area (Å²) in [5, 5.41) is 0. The predicted molar refractivity (Wildman–Crippen MR) is 82.2 cm³/mol. The summed E-state index contributed by atoms with van der Waals surface area (Å²) in [4.78, 5) is 4.74. The monoisotopic (exact) mass is 267 g/mol.